The van der Waals surface area contributed by atoms with E-state index in [9.17, 15) is 9.59 Å². The monoisotopic (exact) mass is 271 g/mol. The van der Waals surface area contributed by atoms with E-state index in [1.807, 2.05) is 0 Å². The van der Waals surface area contributed by atoms with Crippen molar-refractivity contribution >= 4 is 12.0 Å². The predicted molar refractivity (Wildman–Crippen MR) is 73.1 cm³/mol. The number of amides is 2. The van der Waals surface area contributed by atoms with Crippen LogP contribution in [-0.2, 0) is 4.79 Å². The first-order valence-electron chi connectivity index (χ1n) is 6.85. The summed E-state index contributed by atoms with van der Waals surface area (Å²) in [4.78, 5) is 27.2. The van der Waals surface area contributed by atoms with Gasteiger partial charge in [0.25, 0.3) is 0 Å². The lowest BCUT2D eigenvalue weighted by molar-refractivity contribution is -0.140. The van der Waals surface area contributed by atoms with Gasteiger partial charge in [-0.25, -0.2) is 9.59 Å². The van der Waals surface area contributed by atoms with E-state index in [1.54, 1.807) is 18.7 Å². The van der Waals surface area contributed by atoms with Crippen molar-refractivity contribution in [3.8, 4) is 0 Å². The fraction of sp³-hybridized carbons (Fsp3) is 0.846. The molecular formula is C13H25N3O3. The topological polar surface area (TPSA) is 72.9 Å². The fourth-order valence-electron chi connectivity index (χ4n) is 2.31. The van der Waals surface area contributed by atoms with Crippen LogP contribution in [0.5, 0.6) is 0 Å². The highest BCUT2D eigenvalue weighted by atomic mass is 16.4. The molecule has 1 unspecified atom stereocenters. The lowest BCUT2D eigenvalue weighted by Crippen LogP contribution is -2.58. The summed E-state index contributed by atoms with van der Waals surface area (Å²) < 4.78 is 0. The van der Waals surface area contributed by atoms with Gasteiger partial charge in [0.15, 0.2) is 0 Å². The molecular weight excluding hydrogens is 246 g/mol. The van der Waals surface area contributed by atoms with Crippen LogP contribution in [0.3, 0.4) is 0 Å². The Morgan fingerprint density at radius 2 is 2.00 bits per heavy atom. The van der Waals surface area contributed by atoms with Gasteiger partial charge in [0, 0.05) is 25.7 Å². The number of piperazine rings is 1. The molecule has 1 aliphatic heterocycles. The lowest BCUT2D eigenvalue weighted by Gasteiger charge is -2.39. The molecule has 2 amide bonds. The normalized spacial score (nSPS) is 22.4. The third-order valence-corrected chi connectivity index (χ3v) is 3.75. The van der Waals surface area contributed by atoms with E-state index >= 15 is 0 Å². The largest absolute Gasteiger partial charge is 0.480 e. The van der Waals surface area contributed by atoms with Crippen LogP contribution in [0.25, 0.3) is 0 Å². The van der Waals surface area contributed by atoms with Crippen molar-refractivity contribution in [2.24, 2.45) is 5.92 Å². The summed E-state index contributed by atoms with van der Waals surface area (Å²) in [6.45, 7) is 7.80. The molecule has 2 atom stereocenters. The zero-order valence-corrected chi connectivity index (χ0v) is 12.2. The van der Waals surface area contributed by atoms with Crippen molar-refractivity contribution in [2.75, 3.05) is 26.7 Å². The molecule has 0 aliphatic carbocycles. The number of hydrogen-bond acceptors (Lipinski definition) is 3. The predicted octanol–water partition coefficient (Wildman–Crippen LogP) is 0.831. The van der Waals surface area contributed by atoms with Crippen molar-refractivity contribution < 1.29 is 14.7 Å². The van der Waals surface area contributed by atoms with Crippen LogP contribution in [0.2, 0.25) is 0 Å². The number of nitrogens with one attached hydrogen (secondary N) is 1. The molecule has 6 heteroatoms. The van der Waals surface area contributed by atoms with Gasteiger partial charge in [-0.15, -0.1) is 0 Å². The molecule has 1 heterocycles. The summed E-state index contributed by atoms with van der Waals surface area (Å²) in [5, 5.41) is 11.7. The third kappa shape index (κ3) is 4.09. The Morgan fingerprint density at radius 3 is 2.47 bits per heavy atom. The molecule has 1 rings (SSSR count). The average molecular weight is 271 g/mol. The van der Waals surface area contributed by atoms with E-state index in [-0.39, 0.29) is 11.9 Å². The van der Waals surface area contributed by atoms with Crippen molar-refractivity contribution in [3.63, 3.8) is 0 Å². The average Bonchev–Trinajstić information content (AvgIpc) is 2.35. The molecule has 1 saturated heterocycles. The summed E-state index contributed by atoms with van der Waals surface area (Å²) in [5.41, 5.74) is 0. The quantitative estimate of drug-likeness (QED) is 0.794. The Hall–Kier alpha value is -1.30. The van der Waals surface area contributed by atoms with Gasteiger partial charge in [-0.05, 0) is 19.4 Å². The third-order valence-electron chi connectivity index (χ3n) is 3.75. The summed E-state index contributed by atoms with van der Waals surface area (Å²) in [6.07, 6.45) is 0.979. The first kappa shape index (κ1) is 15.8. The van der Waals surface area contributed by atoms with Crippen LogP contribution in [0.15, 0.2) is 0 Å². The molecule has 0 aromatic heterocycles. The van der Waals surface area contributed by atoms with E-state index in [0.717, 1.165) is 13.0 Å². The fourth-order valence-corrected chi connectivity index (χ4v) is 2.31. The van der Waals surface area contributed by atoms with Crippen LogP contribution in [0.4, 0.5) is 4.79 Å². The second-order valence-electron chi connectivity index (χ2n) is 5.50. The minimum absolute atomic E-state index is 0.129. The maximum absolute atomic E-state index is 12.1. The van der Waals surface area contributed by atoms with Crippen molar-refractivity contribution in [3.05, 3.63) is 0 Å². The first-order chi connectivity index (χ1) is 8.86. The zero-order valence-electron chi connectivity index (χ0n) is 12.2. The highest BCUT2D eigenvalue weighted by Crippen LogP contribution is 2.11. The van der Waals surface area contributed by atoms with Gasteiger partial charge in [-0.3, -0.25) is 4.90 Å². The van der Waals surface area contributed by atoms with Crippen LogP contribution in [0, 0.1) is 5.92 Å². The lowest BCUT2D eigenvalue weighted by atomic mass is 10.1. The van der Waals surface area contributed by atoms with Crippen LogP contribution >= 0.6 is 0 Å². The van der Waals surface area contributed by atoms with Gasteiger partial charge in [0.1, 0.15) is 6.04 Å². The highest BCUT2D eigenvalue weighted by molar-refractivity contribution is 5.82. The minimum atomic E-state index is -0.982. The van der Waals surface area contributed by atoms with E-state index in [1.165, 1.54) is 0 Å². The number of urea groups is 1. The molecule has 1 fully saturated rings. The Kier molecular flexibility index (Phi) is 5.60. The van der Waals surface area contributed by atoms with Crippen molar-refractivity contribution in [2.45, 2.75) is 39.3 Å². The Labute approximate surface area is 114 Å². The van der Waals surface area contributed by atoms with Gasteiger partial charge in [0.2, 0.25) is 0 Å². The summed E-state index contributed by atoms with van der Waals surface area (Å²) in [7, 11) is 2.05. The molecule has 110 valence electrons. The first-order valence-corrected chi connectivity index (χ1v) is 6.85. The number of likely N-dealkylation sites (N-methyl/N-ethyl adjacent to an activating group) is 1. The number of carbonyl (C=O) groups is 2. The van der Waals surface area contributed by atoms with E-state index in [0.29, 0.717) is 19.1 Å². The van der Waals surface area contributed by atoms with E-state index in [4.69, 9.17) is 5.11 Å². The SMILES string of the molecule is CCC1CN(C(=O)N[C@H](C(=O)O)C(C)C)CCN1C. The van der Waals surface area contributed by atoms with Crippen molar-refractivity contribution in [1.82, 2.24) is 15.1 Å². The van der Waals surface area contributed by atoms with Crippen LogP contribution in [-0.4, -0.2) is 65.7 Å². The van der Waals surface area contributed by atoms with Gasteiger partial charge < -0.3 is 15.3 Å². The standard InChI is InChI=1S/C13H25N3O3/c1-5-10-8-16(7-6-15(10)4)13(19)14-11(9(2)3)12(17)18/h9-11H,5-8H2,1-4H3,(H,14,19)(H,17,18)/t10?,11-/m0/s1. The molecule has 0 aromatic rings. The number of carboxylic acid groups (broad SMARTS) is 1. The van der Waals surface area contributed by atoms with Crippen LogP contribution < -0.4 is 5.32 Å². The minimum Gasteiger partial charge on any atom is -0.480 e. The number of carboxylic acids is 1. The molecule has 0 radical (unpaired) electrons. The summed E-state index contributed by atoms with van der Waals surface area (Å²) in [6, 6.07) is -0.748. The number of rotatable bonds is 4. The van der Waals surface area contributed by atoms with E-state index in [2.05, 4.69) is 24.2 Å². The highest BCUT2D eigenvalue weighted by Gasteiger charge is 2.30. The number of nitrogens with zero attached hydrogens (tertiary/aromatic N) is 2. The smallest absolute Gasteiger partial charge is 0.326 e. The number of carbonyl (C=O) groups excluding carboxylic acids is 1. The molecule has 0 aromatic carbocycles. The second-order valence-corrected chi connectivity index (χ2v) is 5.50. The van der Waals surface area contributed by atoms with E-state index < -0.39 is 12.0 Å². The Balaban J connectivity index is 2.60. The number of aliphatic carboxylic acids is 1. The Bertz CT molecular complexity index is 333. The molecule has 0 bridgehead atoms. The van der Waals surface area contributed by atoms with Gasteiger partial charge in [0.05, 0.1) is 0 Å². The molecule has 2 N–H and O–H groups in total. The molecule has 0 saturated carbocycles. The van der Waals surface area contributed by atoms with Crippen LogP contribution in [0.1, 0.15) is 27.2 Å². The Morgan fingerprint density at radius 1 is 1.37 bits per heavy atom. The number of hydrogen-bond donors (Lipinski definition) is 2. The maximum atomic E-state index is 12.1. The van der Waals surface area contributed by atoms with Gasteiger partial charge >= 0.3 is 12.0 Å². The zero-order chi connectivity index (χ0) is 14.6. The maximum Gasteiger partial charge on any atom is 0.326 e. The summed E-state index contributed by atoms with van der Waals surface area (Å²) >= 11 is 0. The van der Waals surface area contributed by atoms with Gasteiger partial charge in [-0.2, -0.15) is 0 Å². The molecule has 19 heavy (non-hydrogen) atoms. The molecule has 1 aliphatic rings. The molecule has 0 spiro atoms. The molecule has 6 nitrogen and oxygen atoms in total. The van der Waals surface area contributed by atoms with Crippen molar-refractivity contribution in [1.29, 1.82) is 0 Å². The van der Waals surface area contributed by atoms with Gasteiger partial charge in [-0.1, -0.05) is 20.8 Å². The second kappa shape index (κ2) is 6.75. The summed E-state index contributed by atoms with van der Waals surface area (Å²) in [5.74, 6) is -1.11.